The predicted molar refractivity (Wildman–Crippen MR) is 51.0 cm³/mol. The van der Waals surface area contributed by atoms with Crippen LogP contribution in [0.2, 0.25) is 0 Å². The minimum absolute atomic E-state index is 0.0175. The highest BCUT2D eigenvalue weighted by atomic mass is 35.5. The van der Waals surface area contributed by atoms with Gasteiger partial charge in [-0.3, -0.25) is 0 Å². The van der Waals surface area contributed by atoms with Crippen LogP contribution in [0, 0.1) is 11.8 Å². The Labute approximate surface area is 86.3 Å². The molecule has 5 heteroatoms. The van der Waals surface area contributed by atoms with Crippen LogP contribution in [0.4, 0.5) is 0 Å². The lowest BCUT2D eigenvalue weighted by atomic mass is 10.3. The van der Waals surface area contributed by atoms with Crippen molar-refractivity contribution < 1.29 is 9.53 Å². The van der Waals surface area contributed by atoms with Crippen LogP contribution in [-0.4, -0.2) is 28.9 Å². The molecule has 0 aliphatic heterocycles. The second-order valence-electron chi connectivity index (χ2n) is 2.22. The smallest absolute Gasteiger partial charge is 0.376 e. The van der Waals surface area contributed by atoms with Crippen LogP contribution in [0.5, 0.6) is 0 Å². The van der Waals surface area contributed by atoms with E-state index in [-0.39, 0.29) is 11.7 Å². The van der Waals surface area contributed by atoms with E-state index in [0.29, 0.717) is 5.56 Å². The number of carbonyl (C=O) groups is 1. The Kier molecular flexibility index (Phi) is 3.89. The summed E-state index contributed by atoms with van der Waals surface area (Å²) in [6, 6.07) is 0. The SMILES string of the molecule is COC(=O)c1ncc(C#CCCl)cn1. The number of hydrogen-bond donors (Lipinski definition) is 0. The lowest BCUT2D eigenvalue weighted by molar-refractivity contribution is 0.0586. The van der Waals surface area contributed by atoms with E-state index in [1.165, 1.54) is 19.5 Å². The highest BCUT2D eigenvalue weighted by molar-refractivity contribution is 6.19. The molecule has 0 saturated heterocycles. The Morgan fingerprint density at radius 1 is 1.57 bits per heavy atom. The van der Waals surface area contributed by atoms with Crippen LogP contribution in [0.25, 0.3) is 0 Å². The Morgan fingerprint density at radius 2 is 2.21 bits per heavy atom. The van der Waals surface area contributed by atoms with E-state index in [1.54, 1.807) is 0 Å². The number of carbonyl (C=O) groups excluding carboxylic acids is 1. The molecule has 0 unspecified atom stereocenters. The van der Waals surface area contributed by atoms with Crippen LogP contribution in [0.15, 0.2) is 12.4 Å². The average molecular weight is 211 g/mol. The van der Waals surface area contributed by atoms with Gasteiger partial charge in [-0.15, -0.1) is 11.6 Å². The summed E-state index contributed by atoms with van der Waals surface area (Å²) < 4.78 is 4.44. The van der Waals surface area contributed by atoms with Crippen molar-refractivity contribution in [1.82, 2.24) is 9.97 Å². The summed E-state index contributed by atoms with van der Waals surface area (Å²) in [7, 11) is 1.27. The molecule has 0 spiro atoms. The molecule has 0 amide bonds. The van der Waals surface area contributed by atoms with Crippen LogP contribution in [0.1, 0.15) is 16.2 Å². The zero-order chi connectivity index (χ0) is 10.4. The molecular weight excluding hydrogens is 204 g/mol. The third kappa shape index (κ3) is 2.71. The number of esters is 1. The molecule has 1 aromatic heterocycles. The molecule has 1 heterocycles. The quantitative estimate of drug-likeness (QED) is 0.392. The molecule has 0 fully saturated rings. The molecule has 0 aliphatic rings. The maximum atomic E-state index is 10.9. The van der Waals surface area contributed by atoms with Gasteiger partial charge in [0.2, 0.25) is 5.82 Å². The standard InChI is InChI=1S/C9H7ClN2O2/c1-14-9(13)8-11-5-7(6-12-8)3-2-4-10/h5-6H,4H2,1H3. The van der Waals surface area contributed by atoms with Crippen molar-refractivity contribution in [2.24, 2.45) is 0 Å². The number of rotatable bonds is 1. The first-order valence-electron chi connectivity index (χ1n) is 3.73. The second kappa shape index (κ2) is 5.20. The summed E-state index contributed by atoms with van der Waals surface area (Å²) in [6.07, 6.45) is 2.89. The van der Waals surface area contributed by atoms with Gasteiger partial charge in [0.05, 0.1) is 18.6 Å². The molecular formula is C9H7ClN2O2. The average Bonchev–Trinajstić information content (AvgIpc) is 2.26. The van der Waals surface area contributed by atoms with Crippen LogP contribution in [0.3, 0.4) is 0 Å². The Morgan fingerprint density at radius 3 is 2.71 bits per heavy atom. The number of aromatic nitrogens is 2. The van der Waals surface area contributed by atoms with Gasteiger partial charge in [-0.25, -0.2) is 14.8 Å². The summed E-state index contributed by atoms with van der Waals surface area (Å²) in [5, 5.41) is 0. The fourth-order valence-corrected chi connectivity index (χ4v) is 0.792. The molecule has 0 aliphatic carbocycles. The number of hydrogen-bond acceptors (Lipinski definition) is 4. The number of ether oxygens (including phenoxy) is 1. The fraction of sp³-hybridized carbons (Fsp3) is 0.222. The van der Waals surface area contributed by atoms with E-state index in [2.05, 4.69) is 26.5 Å². The van der Waals surface area contributed by atoms with Crippen molar-refractivity contribution in [1.29, 1.82) is 0 Å². The lowest BCUT2D eigenvalue weighted by Crippen LogP contribution is -2.06. The molecule has 0 bridgehead atoms. The summed E-state index contributed by atoms with van der Waals surface area (Å²) in [6.45, 7) is 0. The van der Waals surface area contributed by atoms with Gasteiger partial charge >= 0.3 is 5.97 Å². The molecule has 0 saturated carbocycles. The number of nitrogens with zero attached hydrogens (tertiary/aromatic N) is 2. The van der Waals surface area contributed by atoms with E-state index in [4.69, 9.17) is 11.6 Å². The van der Waals surface area contributed by atoms with E-state index >= 15 is 0 Å². The van der Waals surface area contributed by atoms with Gasteiger partial charge in [0.15, 0.2) is 0 Å². The largest absolute Gasteiger partial charge is 0.463 e. The van der Waals surface area contributed by atoms with Crippen molar-refractivity contribution >= 4 is 17.6 Å². The molecule has 1 rings (SSSR count). The maximum absolute atomic E-state index is 10.9. The molecule has 0 aromatic carbocycles. The minimum Gasteiger partial charge on any atom is -0.463 e. The highest BCUT2D eigenvalue weighted by Crippen LogP contribution is 1.95. The normalized spacial score (nSPS) is 8.71. The van der Waals surface area contributed by atoms with Crippen LogP contribution in [-0.2, 0) is 4.74 Å². The first-order valence-corrected chi connectivity index (χ1v) is 4.26. The van der Waals surface area contributed by atoms with Gasteiger partial charge in [0.25, 0.3) is 0 Å². The molecule has 0 atom stereocenters. The summed E-state index contributed by atoms with van der Waals surface area (Å²) in [5.74, 6) is 5.06. The minimum atomic E-state index is -0.568. The van der Waals surface area contributed by atoms with Gasteiger partial charge in [-0.1, -0.05) is 11.8 Å². The fourth-order valence-electron chi connectivity index (χ4n) is 0.725. The zero-order valence-electron chi connectivity index (χ0n) is 7.45. The Bertz CT molecular complexity index is 378. The molecule has 0 radical (unpaired) electrons. The first-order chi connectivity index (χ1) is 6.77. The number of alkyl halides is 1. The van der Waals surface area contributed by atoms with Gasteiger partial charge in [-0.2, -0.15) is 0 Å². The number of halogens is 1. The summed E-state index contributed by atoms with van der Waals surface area (Å²) in [5.41, 5.74) is 0.610. The maximum Gasteiger partial charge on any atom is 0.376 e. The topological polar surface area (TPSA) is 52.1 Å². The highest BCUT2D eigenvalue weighted by Gasteiger charge is 2.07. The van der Waals surface area contributed by atoms with Crippen molar-refractivity contribution in [3.05, 3.63) is 23.8 Å². The van der Waals surface area contributed by atoms with Gasteiger partial charge in [-0.05, 0) is 0 Å². The molecule has 0 N–H and O–H groups in total. The molecule has 14 heavy (non-hydrogen) atoms. The van der Waals surface area contributed by atoms with Crippen molar-refractivity contribution in [3.63, 3.8) is 0 Å². The molecule has 72 valence electrons. The van der Waals surface area contributed by atoms with Crippen molar-refractivity contribution in [2.45, 2.75) is 0 Å². The Hall–Kier alpha value is -1.60. The van der Waals surface area contributed by atoms with Crippen molar-refractivity contribution in [3.8, 4) is 11.8 Å². The Balaban J connectivity index is 2.83. The van der Waals surface area contributed by atoms with E-state index < -0.39 is 5.97 Å². The van der Waals surface area contributed by atoms with Crippen LogP contribution < -0.4 is 0 Å². The van der Waals surface area contributed by atoms with E-state index in [1.807, 2.05) is 0 Å². The number of methoxy groups -OCH3 is 1. The predicted octanol–water partition coefficient (Wildman–Crippen LogP) is 0.853. The molecule has 1 aromatic rings. The first kappa shape index (κ1) is 10.5. The van der Waals surface area contributed by atoms with E-state index in [9.17, 15) is 4.79 Å². The summed E-state index contributed by atoms with van der Waals surface area (Å²) in [4.78, 5) is 18.5. The third-order valence-corrected chi connectivity index (χ3v) is 1.45. The lowest BCUT2D eigenvalue weighted by Gasteiger charge is -1.95. The zero-order valence-corrected chi connectivity index (χ0v) is 8.21. The monoisotopic (exact) mass is 210 g/mol. The molecule has 4 nitrogen and oxygen atoms in total. The van der Waals surface area contributed by atoms with Crippen molar-refractivity contribution in [2.75, 3.05) is 13.0 Å². The van der Waals surface area contributed by atoms with Gasteiger partial charge in [0.1, 0.15) is 0 Å². The second-order valence-corrected chi connectivity index (χ2v) is 2.49. The summed E-state index contributed by atoms with van der Waals surface area (Å²) >= 11 is 5.37. The third-order valence-electron chi connectivity index (χ3n) is 1.32. The van der Waals surface area contributed by atoms with Gasteiger partial charge < -0.3 is 4.74 Å². The van der Waals surface area contributed by atoms with E-state index in [0.717, 1.165) is 0 Å². The van der Waals surface area contributed by atoms with Gasteiger partial charge in [0, 0.05) is 12.4 Å². The van der Waals surface area contributed by atoms with Crippen LogP contribution >= 0.6 is 11.6 Å².